The minimum atomic E-state index is -1.17. The third kappa shape index (κ3) is 3.68. The van der Waals surface area contributed by atoms with Gasteiger partial charge in [0.15, 0.2) is 0 Å². The Labute approximate surface area is 300 Å². The molecular weight excluding hydrogens is 649 g/mol. The van der Waals surface area contributed by atoms with Gasteiger partial charge in [-0.05, 0) is 69.1 Å². The maximum atomic E-state index is 14.4. The predicted molar refractivity (Wildman–Crippen MR) is 198 cm³/mol. The molecule has 4 heterocycles. The van der Waals surface area contributed by atoms with Crippen LogP contribution in [0.1, 0.15) is 59.8 Å². The summed E-state index contributed by atoms with van der Waals surface area (Å²) in [7, 11) is 0. The standard InChI is InChI=1S/C44H34N4O4/c49-35-21-23-43(25-9-3-1-4-10-25)45-31-19-17-29(27-13-7-15-33(37(27)31)47(35)43)39-41(51)40(42(39)52)30-18-20-32-38-28(30)14-8-16-34(38)48-36(50)22-24-44(48,46-32)26-11-5-2-6-12-26/h1-20,39-42,45-46H,21-24H2/q-2. The topological polar surface area (TPSA) is 111 Å². The zero-order valence-corrected chi connectivity index (χ0v) is 28.2. The Balaban J connectivity index is 0.983. The number of anilines is 4. The van der Waals surface area contributed by atoms with E-state index in [1.165, 1.54) is 0 Å². The van der Waals surface area contributed by atoms with Crippen molar-refractivity contribution in [1.82, 2.24) is 0 Å². The Hall–Kier alpha value is -5.70. The van der Waals surface area contributed by atoms with Gasteiger partial charge in [-0.15, -0.1) is 12.2 Å². The smallest absolute Gasteiger partial charge is 0.229 e. The van der Waals surface area contributed by atoms with E-state index in [1.54, 1.807) is 0 Å². The van der Waals surface area contributed by atoms with Gasteiger partial charge in [-0.1, -0.05) is 97.1 Å². The van der Waals surface area contributed by atoms with E-state index in [0.717, 1.165) is 66.5 Å². The summed E-state index contributed by atoms with van der Waals surface area (Å²) in [5, 5.41) is 39.7. The van der Waals surface area contributed by atoms with Crippen LogP contribution < -0.4 is 30.6 Å². The van der Waals surface area contributed by atoms with Crippen LogP contribution in [0.2, 0.25) is 0 Å². The van der Waals surface area contributed by atoms with Crippen molar-refractivity contribution in [3.05, 3.63) is 144 Å². The van der Waals surface area contributed by atoms with Crippen LogP contribution in [0.15, 0.2) is 121 Å². The van der Waals surface area contributed by atoms with E-state index in [-0.39, 0.29) is 11.8 Å². The Morgan fingerprint density at radius 2 is 0.942 bits per heavy atom. The quantitative estimate of drug-likeness (QED) is 0.231. The highest BCUT2D eigenvalue weighted by Gasteiger charge is 2.52. The molecule has 8 nitrogen and oxygen atoms in total. The van der Waals surface area contributed by atoms with Crippen LogP contribution in [0.3, 0.4) is 0 Å². The lowest BCUT2D eigenvalue weighted by atomic mass is 9.62. The largest absolute Gasteiger partial charge is 0.851 e. The Kier molecular flexibility index (Phi) is 6.02. The van der Waals surface area contributed by atoms with Gasteiger partial charge in [0, 0.05) is 47.8 Å². The molecule has 4 aliphatic heterocycles. The first-order chi connectivity index (χ1) is 25.4. The molecule has 2 N–H and O–H groups in total. The number of carbonyl (C=O) groups excluding carboxylic acids is 2. The van der Waals surface area contributed by atoms with Crippen molar-refractivity contribution in [3.63, 3.8) is 0 Å². The number of nitrogens with one attached hydrogen (secondary N) is 2. The molecule has 3 fully saturated rings. The van der Waals surface area contributed by atoms with E-state index >= 15 is 0 Å². The van der Waals surface area contributed by atoms with Crippen LogP contribution >= 0.6 is 0 Å². The fourth-order valence-electron chi connectivity index (χ4n) is 10.3. The van der Waals surface area contributed by atoms with Crippen molar-refractivity contribution in [2.45, 2.75) is 61.1 Å². The molecule has 5 aliphatic rings. The Morgan fingerprint density at radius 1 is 0.519 bits per heavy atom. The molecule has 2 unspecified atom stereocenters. The second-order valence-electron chi connectivity index (χ2n) is 14.9. The molecule has 2 amide bonds. The average Bonchev–Trinajstić information content (AvgIpc) is 3.72. The molecule has 0 bridgehead atoms. The number of nitrogens with zero attached hydrogens (tertiary/aromatic N) is 2. The molecule has 0 radical (unpaired) electrons. The SMILES string of the molecule is O=C1CCC2(c3ccccc3)Nc3ccc(C4C([O-])C(c5ccc6c7c(cccc57)N5C(=O)CCC5(c5ccccc5)N6)C4[O-])c4cccc(c34)N12. The Morgan fingerprint density at radius 3 is 1.37 bits per heavy atom. The van der Waals surface area contributed by atoms with Crippen LogP contribution in [0.4, 0.5) is 22.7 Å². The lowest BCUT2D eigenvalue weighted by Gasteiger charge is -2.62. The van der Waals surface area contributed by atoms with Crippen molar-refractivity contribution >= 4 is 56.1 Å². The molecule has 0 aromatic heterocycles. The minimum absolute atomic E-state index is 0.0426. The number of hydrogen-bond acceptors (Lipinski definition) is 6. The molecule has 256 valence electrons. The highest BCUT2D eigenvalue weighted by Crippen LogP contribution is 2.57. The molecule has 1 saturated carbocycles. The predicted octanol–water partition coefficient (Wildman–Crippen LogP) is 6.14. The summed E-state index contributed by atoms with van der Waals surface area (Å²) < 4.78 is 0. The van der Waals surface area contributed by atoms with E-state index < -0.39 is 35.4 Å². The van der Waals surface area contributed by atoms with Crippen molar-refractivity contribution < 1.29 is 19.8 Å². The molecule has 8 heteroatoms. The number of benzene rings is 6. The number of amides is 2. The number of fused-ring (bicyclic) bond motifs is 4. The van der Waals surface area contributed by atoms with Gasteiger partial charge in [0.25, 0.3) is 0 Å². The van der Waals surface area contributed by atoms with Crippen LogP contribution in [-0.4, -0.2) is 24.0 Å². The summed E-state index contributed by atoms with van der Waals surface area (Å²) in [5.41, 5.74) is 5.50. The van der Waals surface area contributed by atoms with Gasteiger partial charge < -0.3 is 20.8 Å². The molecule has 6 aromatic rings. The summed E-state index contributed by atoms with van der Waals surface area (Å²) in [4.78, 5) is 30.8. The number of rotatable bonds is 4. The first-order valence-corrected chi connectivity index (χ1v) is 18.2. The first-order valence-electron chi connectivity index (χ1n) is 18.2. The van der Waals surface area contributed by atoms with E-state index in [1.807, 2.05) is 107 Å². The molecule has 52 heavy (non-hydrogen) atoms. The lowest BCUT2D eigenvalue weighted by Crippen LogP contribution is -2.63. The van der Waals surface area contributed by atoms with Gasteiger partial charge in [-0.25, -0.2) is 0 Å². The summed E-state index contributed by atoms with van der Waals surface area (Å²) in [6.45, 7) is 0. The highest BCUT2D eigenvalue weighted by atomic mass is 16.3. The van der Waals surface area contributed by atoms with Crippen molar-refractivity contribution in [2.24, 2.45) is 0 Å². The minimum Gasteiger partial charge on any atom is -0.851 e. The summed E-state index contributed by atoms with van der Waals surface area (Å²) in [6.07, 6.45) is -0.245. The van der Waals surface area contributed by atoms with Gasteiger partial charge in [-0.3, -0.25) is 19.4 Å². The van der Waals surface area contributed by atoms with Crippen molar-refractivity contribution in [3.8, 4) is 0 Å². The molecule has 6 aromatic carbocycles. The molecule has 0 spiro atoms. The highest BCUT2D eigenvalue weighted by molar-refractivity contribution is 6.16. The number of carbonyl (C=O) groups is 2. The van der Waals surface area contributed by atoms with E-state index in [2.05, 4.69) is 34.9 Å². The van der Waals surface area contributed by atoms with Gasteiger partial charge in [-0.2, -0.15) is 0 Å². The van der Waals surface area contributed by atoms with Gasteiger partial charge in [0.05, 0.1) is 11.4 Å². The summed E-state index contributed by atoms with van der Waals surface area (Å²) in [5.74, 6) is -1.42. The fraction of sp³-hybridized carbons (Fsp3) is 0.227. The summed E-state index contributed by atoms with van der Waals surface area (Å²) >= 11 is 0. The first kappa shape index (κ1) is 30.0. The van der Waals surface area contributed by atoms with E-state index in [0.29, 0.717) is 25.7 Å². The van der Waals surface area contributed by atoms with Crippen molar-refractivity contribution in [2.75, 3.05) is 20.4 Å². The molecule has 1 aliphatic carbocycles. The second-order valence-corrected chi connectivity index (χ2v) is 14.9. The van der Waals surface area contributed by atoms with Crippen LogP contribution in [0.5, 0.6) is 0 Å². The van der Waals surface area contributed by atoms with Gasteiger partial charge >= 0.3 is 0 Å². The third-order valence-electron chi connectivity index (χ3n) is 12.6. The molecular formula is C44H34N4O4-2. The maximum Gasteiger partial charge on any atom is 0.229 e. The van der Waals surface area contributed by atoms with Crippen LogP contribution in [0, 0.1) is 0 Å². The zero-order valence-electron chi connectivity index (χ0n) is 28.2. The van der Waals surface area contributed by atoms with Gasteiger partial charge in [0.1, 0.15) is 11.3 Å². The molecule has 2 atom stereocenters. The normalized spacial score (nSPS) is 28.3. The van der Waals surface area contributed by atoms with Gasteiger partial charge in [0.2, 0.25) is 11.8 Å². The maximum absolute atomic E-state index is 14.4. The second kappa shape index (κ2) is 10.4. The van der Waals surface area contributed by atoms with Crippen LogP contribution in [-0.2, 0) is 20.9 Å². The van der Waals surface area contributed by atoms with E-state index in [9.17, 15) is 19.8 Å². The molecule has 2 saturated heterocycles. The monoisotopic (exact) mass is 682 g/mol. The lowest BCUT2D eigenvalue weighted by molar-refractivity contribution is -0.535. The van der Waals surface area contributed by atoms with E-state index in [4.69, 9.17) is 0 Å². The summed E-state index contributed by atoms with van der Waals surface area (Å²) in [6, 6.07) is 39.8. The number of hydrogen-bond donors (Lipinski definition) is 2. The fourth-order valence-corrected chi connectivity index (χ4v) is 10.3. The average molecular weight is 683 g/mol. The molecule has 11 rings (SSSR count). The Bertz CT molecular complexity index is 2320. The zero-order chi connectivity index (χ0) is 34.9. The van der Waals surface area contributed by atoms with Crippen molar-refractivity contribution in [1.29, 1.82) is 0 Å². The third-order valence-corrected chi connectivity index (χ3v) is 12.6. The van der Waals surface area contributed by atoms with Crippen LogP contribution in [0.25, 0.3) is 21.5 Å².